The van der Waals surface area contributed by atoms with Crippen LogP contribution in [0.15, 0.2) is 54.6 Å². The number of esters is 1. The summed E-state index contributed by atoms with van der Waals surface area (Å²) < 4.78 is 12.3. The lowest BCUT2D eigenvalue weighted by molar-refractivity contribution is -0.159. The molecule has 198 valence electrons. The SMILES string of the molecule is CC[C@@]12C=CCOC(=O)[C@@H]1[C@H]1C(=O)N(CCCCCCO)C3C(=O)N(Cc4ccccc4)CC=C[C@@]31O2. The Morgan fingerprint density at radius 2 is 1.76 bits per heavy atom. The Hall–Kier alpha value is -2.97. The number of hydrogen-bond donors (Lipinski definition) is 1. The molecule has 8 heteroatoms. The molecular weight excluding hydrogens is 472 g/mol. The number of ether oxygens (including phenoxy) is 2. The first kappa shape index (κ1) is 25.7. The molecule has 5 atom stereocenters. The van der Waals surface area contributed by atoms with Gasteiger partial charge in [0.25, 0.3) is 0 Å². The number of carbonyl (C=O) groups excluding carboxylic acids is 3. The maximum Gasteiger partial charge on any atom is 0.313 e. The third-order valence-electron chi connectivity index (χ3n) is 8.30. The zero-order chi connectivity index (χ0) is 26.0. The lowest BCUT2D eigenvalue weighted by Gasteiger charge is -2.38. The number of likely N-dealkylation sites (tertiary alicyclic amines) is 1. The van der Waals surface area contributed by atoms with Crippen molar-refractivity contribution in [1.82, 2.24) is 9.80 Å². The second-order valence-corrected chi connectivity index (χ2v) is 10.4. The van der Waals surface area contributed by atoms with E-state index < -0.39 is 35.0 Å². The monoisotopic (exact) mass is 508 g/mol. The third-order valence-corrected chi connectivity index (χ3v) is 8.30. The molecule has 0 saturated carbocycles. The molecule has 1 aromatic rings. The number of fused-ring (bicyclic) bond motifs is 2. The largest absolute Gasteiger partial charge is 0.461 e. The fraction of sp³-hybridized carbons (Fsp3) is 0.552. The maximum absolute atomic E-state index is 14.3. The van der Waals surface area contributed by atoms with Gasteiger partial charge < -0.3 is 24.4 Å². The lowest BCUT2D eigenvalue weighted by Crippen LogP contribution is -2.56. The summed E-state index contributed by atoms with van der Waals surface area (Å²) in [7, 11) is 0. The van der Waals surface area contributed by atoms with Crippen LogP contribution in [0.4, 0.5) is 0 Å². The first-order valence-electron chi connectivity index (χ1n) is 13.4. The number of carbonyl (C=O) groups is 3. The van der Waals surface area contributed by atoms with Crippen LogP contribution in [0.3, 0.4) is 0 Å². The molecule has 2 amide bonds. The molecule has 4 aliphatic rings. The Morgan fingerprint density at radius 3 is 2.51 bits per heavy atom. The highest BCUT2D eigenvalue weighted by atomic mass is 16.6. The fourth-order valence-corrected chi connectivity index (χ4v) is 6.58. The number of hydrogen-bond acceptors (Lipinski definition) is 6. The summed E-state index contributed by atoms with van der Waals surface area (Å²) in [5, 5.41) is 9.12. The van der Waals surface area contributed by atoms with Crippen LogP contribution in [-0.4, -0.2) is 76.2 Å². The summed E-state index contributed by atoms with van der Waals surface area (Å²) in [4.78, 5) is 45.1. The predicted molar refractivity (Wildman–Crippen MR) is 136 cm³/mol. The number of rotatable bonds is 9. The second kappa shape index (κ2) is 10.4. The highest BCUT2D eigenvalue weighted by molar-refractivity contribution is 5.99. The lowest BCUT2D eigenvalue weighted by atomic mass is 9.73. The molecule has 1 aromatic carbocycles. The van der Waals surface area contributed by atoms with Crippen molar-refractivity contribution in [1.29, 1.82) is 0 Å². The van der Waals surface area contributed by atoms with Gasteiger partial charge in [0.05, 0.1) is 5.92 Å². The number of aliphatic hydroxyl groups excluding tert-OH is 1. The van der Waals surface area contributed by atoms with Crippen LogP contribution >= 0.6 is 0 Å². The van der Waals surface area contributed by atoms with E-state index in [0.717, 1.165) is 18.4 Å². The van der Waals surface area contributed by atoms with E-state index in [9.17, 15) is 14.4 Å². The molecule has 0 bridgehead atoms. The van der Waals surface area contributed by atoms with Gasteiger partial charge in [0.1, 0.15) is 29.8 Å². The number of cyclic esters (lactones) is 1. The van der Waals surface area contributed by atoms with Crippen LogP contribution in [0.2, 0.25) is 0 Å². The Labute approximate surface area is 217 Å². The van der Waals surface area contributed by atoms with E-state index in [2.05, 4.69) is 0 Å². The highest BCUT2D eigenvalue weighted by Crippen LogP contribution is 2.58. The van der Waals surface area contributed by atoms with E-state index >= 15 is 0 Å². The van der Waals surface area contributed by atoms with Crippen molar-refractivity contribution in [3.05, 3.63) is 60.2 Å². The first-order chi connectivity index (χ1) is 18.0. The second-order valence-electron chi connectivity index (χ2n) is 10.4. The van der Waals surface area contributed by atoms with Crippen molar-refractivity contribution < 1.29 is 29.0 Å². The van der Waals surface area contributed by atoms with Gasteiger partial charge >= 0.3 is 5.97 Å². The van der Waals surface area contributed by atoms with Gasteiger partial charge in [-0.15, -0.1) is 0 Å². The van der Waals surface area contributed by atoms with Crippen molar-refractivity contribution in [3.8, 4) is 0 Å². The van der Waals surface area contributed by atoms with Crippen LogP contribution < -0.4 is 0 Å². The maximum atomic E-state index is 14.3. The third kappa shape index (κ3) is 4.30. The summed E-state index contributed by atoms with van der Waals surface area (Å²) in [5.41, 5.74) is -1.24. The predicted octanol–water partition coefficient (Wildman–Crippen LogP) is 2.61. The van der Waals surface area contributed by atoms with Crippen molar-refractivity contribution in [2.45, 2.75) is 62.8 Å². The van der Waals surface area contributed by atoms with E-state index in [1.165, 1.54) is 0 Å². The number of aliphatic hydroxyl groups is 1. The van der Waals surface area contributed by atoms with Crippen molar-refractivity contribution >= 4 is 17.8 Å². The van der Waals surface area contributed by atoms with E-state index in [0.29, 0.717) is 38.9 Å². The van der Waals surface area contributed by atoms with Gasteiger partial charge in [-0.25, -0.2) is 0 Å². The van der Waals surface area contributed by atoms with Crippen molar-refractivity contribution in [2.75, 3.05) is 26.3 Å². The smallest absolute Gasteiger partial charge is 0.313 e. The minimum atomic E-state index is -1.24. The van der Waals surface area contributed by atoms with Crippen LogP contribution in [0.5, 0.6) is 0 Å². The van der Waals surface area contributed by atoms with Crippen LogP contribution in [-0.2, 0) is 30.4 Å². The van der Waals surface area contributed by atoms with E-state index in [1.54, 1.807) is 15.9 Å². The number of unbranched alkanes of at least 4 members (excludes halogenated alkanes) is 3. The molecule has 8 nitrogen and oxygen atoms in total. The number of amides is 2. The number of benzene rings is 1. The summed E-state index contributed by atoms with van der Waals surface area (Å²) in [6.45, 7) is 3.43. The van der Waals surface area contributed by atoms with Crippen LogP contribution in [0.1, 0.15) is 44.6 Å². The Morgan fingerprint density at radius 1 is 0.973 bits per heavy atom. The highest BCUT2D eigenvalue weighted by Gasteiger charge is 2.75. The summed E-state index contributed by atoms with van der Waals surface area (Å²) >= 11 is 0. The molecule has 5 rings (SSSR count). The number of nitrogens with zero attached hydrogens (tertiary/aromatic N) is 2. The molecule has 1 spiro atoms. The topological polar surface area (TPSA) is 96.4 Å². The molecular formula is C29H36N2O6. The molecule has 0 radical (unpaired) electrons. The van der Waals surface area contributed by atoms with E-state index in [4.69, 9.17) is 14.6 Å². The summed E-state index contributed by atoms with van der Waals surface area (Å²) in [6.07, 6.45) is 11.0. The molecule has 1 N–H and O–H groups in total. The summed E-state index contributed by atoms with van der Waals surface area (Å²) in [5.74, 6) is -2.48. The zero-order valence-corrected chi connectivity index (χ0v) is 21.4. The molecule has 2 fully saturated rings. The fourth-order valence-electron chi connectivity index (χ4n) is 6.58. The average molecular weight is 509 g/mol. The average Bonchev–Trinajstić information content (AvgIpc) is 3.18. The van der Waals surface area contributed by atoms with Crippen LogP contribution in [0, 0.1) is 11.8 Å². The minimum absolute atomic E-state index is 0.137. The van der Waals surface area contributed by atoms with Gasteiger partial charge in [-0.3, -0.25) is 14.4 Å². The molecule has 4 heterocycles. The van der Waals surface area contributed by atoms with E-state index in [-0.39, 0.29) is 25.0 Å². The Balaban J connectivity index is 1.53. The van der Waals surface area contributed by atoms with Crippen molar-refractivity contribution in [2.24, 2.45) is 11.8 Å². The molecule has 4 aliphatic heterocycles. The van der Waals surface area contributed by atoms with Gasteiger partial charge in [-0.05, 0) is 30.9 Å². The van der Waals surface area contributed by atoms with Crippen molar-refractivity contribution in [3.63, 3.8) is 0 Å². The minimum Gasteiger partial charge on any atom is -0.461 e. The molecule has 2 saturated heterocycles. The van der Waals surface area contributed by atoms with Gasteiger partial charge in [-0.2, -0.15) is 0 Å². The normalized spacial score (nSPS) is 32.6. The van der Waals surface area contributed by atoms with Crippen LogP contribution in [0.25, 0.3) is 0 Å². The zero-order valence-electron chi connectivity index (χ0n) is 21.4. The first-order valence-corrected chi connectivity index (χ1v) is 13.4. The molecule has 37 heavy (non-hydrogen) atoms. The summed E-state index contributed by atoms with van der Waals surface area (Å²) in [6, 6.07) is 8.93. The Kier molecular flexibility index (Phi) is 7.23. The van der Waals surface area contributed by atoms with E-state index in [1.807, 2.05) is 55.5 Å². The van der Waals surface area contributed by atoms with Gasteiger partial charge in [0.15, 0.2) is 0 Å². The molecule has 1 unspecified atom stereocenters. The van der Waals surface area contributed by atoms with Gasteiger partial charge in [0.2, 0.25) is 11.8 Å². The quantitative estimate of drug-likeness (QED) is 0.313. The van der Waals surface area contributed by atoms with Gasteiger partial charge in [-0.1, -0.05) is 68.3 Å². The van der Waals surface area contributed by atoms with Gasteiger partial charge in [0, 0.05) is 26.2 Å². The molecule has 0 aliphatic carbocycles. The Bertz CT molecular complexity index is 1090. The standard InChI is InChI=1S/C29H36N2O6/c1-2-28-14-11-19-36-27(35)23(28)22-25(33)31(17-8-3-4-9-18-32)24-26(34)30(16-10-15-29(22,24)37-28)20-21-12-6-5-7-13-21/h5-7,10-15,22-24,32H,2-4,8-9,16-20H2,1H3/t22-,23-,24?,28+,29-/m0/s1. The molecule has 0 aromatic heterocycles.